The molecule has 0 radical (unpaired) electrons. The van der Waals surface area contributed by atoms with E-state index in [4.69, 9.17) is 30.4 Å². The number of anilines is 1. The van der Waals surface area contributed by atoms with Gasteiger partial charge in [0.1, 0.15) is 28.9 Å². The average Bonchev–Trinajstić information content (AvgIpc) is 3.69. The fourth-order valence-electron chi connectivity index (χ4n) is 4.48. The van der Waals surface area contributed by atoms with Crippen LogP contribution >= 0.6 is 0 Å². The molecule has 2 atom stereocenters. The van der Waals surface area contributed by atoms with Crippen molar-refractivity contribution in [1.29, 1.82) is 0 Å². The number of ether oxygens (including phenoxy) is 1. The zero-order valence-corrected chi connectivity index (χ0v) is 21.3. The SMILES string of the molecule is CCCc1nc2c(-c3ccc(F)cc3F)nc(N3CC(C)OC(/C(C=NC4CC4)=C/N)C3)nc2nc1C. The Hall–Kier alpha value is -3.53. The van der Waals surface area contributed by atoms with Gasteiger partial charge in [0.2, 0.25) is 5.95 Å². The van der Waals surface area contributed by atoms with Crippen LogP contribution in [0.1, 0.15) is 44.5 Å². The molecule has 3 heterocycles. The highest BCUT2D eigenvalue weighted by molar-refractivity contribution is 5.88. The van der Waals surface area contributed by atoms with E-state index in [9.17, 15) is 8.78 Å². The zero-order valence-electron chi connectivity index (χ0n) is 21.3. The number of nitrogens with zero attached hydrogens (tertiary/aromatic N) is 6. The lowest BCUT2D eigenvalue weighted by Crippen LogP contribution is -2.48. The Balaban J connectivity index is 1.59. The van der Waals surface area contributed by atoms with Crippen molar-refractivity contribution in [1.82, 2.24) is 19.9 Å². The van der Waals surface area contributed by atoms with Crippen LogP contribution in [0.5, 0.6) is 0 Å². The number of hydrogen-bond donors (Lipinski definition) is 1. The Morgan fingerprint density at radius 2 is 2.00 bits per heavy atom. The van der Waals surface area contributed by atoms with Gasteiger partial charge in [-0.05, 0) is 45.2 Å². The first-order valence-corrected chi connectivity index (χ1v) is 12.7. The average molecular weight is 508 g/mol. The van der Waals surface area contributed by atoms with Crippen LogP contribution in [0.15, 0.2) is 35.0 Å². The minimum Gasteiger partial charge on any atom is -0.404 e. The highest BCUT2D eigenvalue weighted by Crippen LogP contribution is 2.31. The van der Waals surface area contributed by atoms with Gasteiger partial charge in [0, 0.05) is 36.2 Å². The minimum absolute atomic E-state index is 0.145. The number of hydrogen-bond acceptors (Lipinski definition) is 8. The zero-order chi connectivity index (χ0) is 26.1. The van der Waals surface area contributed by atoms with Crippen LogP contribution in [0.2, 0.25) is 0 Å². The summed E-state index contributed by atoms with van der Waals surface area (Å²) < 4.78 is 34.9. The van der Waals surface area contributed by atoms with Crippen molar-refractivity contribution in [3.63, 3.8) is 0 Å². The third-order valence-electron chi connectivity index (χ3n) is 6.55. The second-order valence-electron chi connectivity index (χ2n) is 9.69. The fraction of sp³-hybridized carbons (Fsp3) is 0.444. The number of aryl methyl sites for hydroxylation is 2. The van der Waals surface area contributed by atoms with Gasteiger partial charge in [-0.15, -0.1) is 0 Å². The standard InChI is InChI=1S/C27H31F2N7O/c1-4-5-22-16(3)32-26-25(33-22)24(20-9-6-18(28)10-21(20)29)34-27(35-26)36-13-15(2)37-23(14-36)17(11-30)12-31-19-7-8-19/h6,9-12,15,19,23H,4-5,7-8,13-14,30H2,1-3H3/b17-11+,31-12?. The van der Waals surface area contributed by atoms with Gasteiger partial charge in [-0.2, -0.15) is 4.98 Å². The van der Waals surface area contributed by atoms with Crippen LogP contribution in [0.3, 0.4) is 0 Å². The Kier molecular flexibility index (Phi) is 7.10. The maximum atomic E-state index is 15.0. The van der Waals surface area contributed by atoms with Crippen molar-refractivity contribution in [2.45, 2.75) is 64.7 Å². The number of aliphatic imine (C=N–C) groups is 1. The van der Waals surface area contributed by atoms with Crippen LogP contribution in [-0.4, -0.2) is 57.5 Å². The van der Waals surface area contributed by atoms with Crippen LogP contribution in [0, 0.1) is 18.6 Å². The van der Waals surface area contributed by atoms with E-state index in [0.29, 0.717) is 36.2 Å². The van der Waals surface area contributed by atoms with Gasteiger partial charge in [-0.1, -0.05) is 13.3 Å². The molecule has 37 heavy (non-hydrogen) atoms. The lowest BCUT2D eigenvalue weighted by atomic mass is 10.1. The van der Waals surface area contributed by atoms with E-state index >= 15 is 0 Å². The molecule has 3 aromatic rings. The van der Waals surface area contributed by atoms with Crippen LogP contribution in [0.4, 0.5) is 14.7 Å². The summed E-state index contributed by atoms with van der Waals surface area (Å²) in [6, 6.07) is 3.81. The first-order chi connectivity index (χ1) is 17.9. The maximum absolute atomic E-state index is 15.0. The van der Waals surface area contributed by atoms with Crippen molar-refractivity contribution in [3.8, 4) is 11.3 Å². The molecule has 1 aromatic carbocycles. The molecule has 5 rings (SSSR count). The Morgan fingerprint density at radius 3 is 2.70 bits per heavy atom. The van der Waals surface area contributed by atoms with E-state index in [-0.39, 0.29) is 23.5 Å². The minimum atomic E-state index is -0.719. The molecule has 1 aliphatic heterocycles. The van der Waals surface area contributed by atoms with E-state index in [1.165, 1.54) is 18.3 Å². The van der Waals surface area contributed by atoms with Gasteiger partial charge in [0.25, 0.3) is 0 Å². The van der Waals surface area contributed by atoms with Gasteiger partial charge < -0.3 is 15.4 Å². The van der Waals surface area contributed by atoms with Crippen LogP contribution in [0.25, 0.3) is 22.4 Å². The predicted octanol–water partition coefficient (Wildman–Crippen LogP) is 4.30. The van der Waals surface area contributed by atoms with Gasteiger partial charge in [-0.3, -0.25) is 4.99 Å². The molecule has 0 amide bonds. The first kappa shape index (κ1) is 25.1. The number of benzene rings is 1. The van der Waals surface area contributed by atoms with Crippen LogP contribution < -0.4 is 10.6 Å². The highest BCUT2D eigenvalue weighted by Gasteiger charge is 2.31. The largest absolute Gasteiger partial charge is 0.404 e. The van der Waals surface area contributed by atoms with Gasteiger partial charge in [0.15, 0.2) is 5.65 Å². The van der Waals surface area contributed by atoms with E-state index in [2.05, 4.69) is 11.9 Å². The summed E-state index contributed by atoms with van der Waals surface area (Å²) in [6.45, 7) is 6.86. The van der Waals surface area contributed by atoms with E-state index in [0.717, 1.165) is 48.7 Å². The second-order valence-corrected chi connectivity index (χ2v) is 9.69. The number of morpholine rings is 1. The lowest BCUT2D eigenvalue weighted by Gasteiger charge is -2.37. The second kappa shape index (κ2) is 10.5. The van der Waals surface area contributed by atoms with Gasteiger partial charge in [0.05, 0.1) is 30.1 Å². The predicted molar refractivity (Wildman–Crippen MR) is 140 cm³/mol. The molecule has 2 aliphatic rings. The molecule has 0 spiro atoms. The third-order valence-corrected chi connectivity index (χ3v) is 6.55. The molecule has 0 bridgehead atoms. The molecule has 194 valence electrons. The molecule has 2 fully saturated rings. The topological polar surface area (TPSA) is 102 Å². The molecule has 2 aromatic heterocycles. The van der Waals surface area contributed by atoms with Crippen molar-refractivity contribution in [2.24, 2.45) is 10.7 Å². The molecule has 2 unspecified atom stereocenters. The number of fused-ring (bicyclic) bond motifs is 1. The molecular weight excluding hydrogens is 476 g/mol. The Morgan fingerprint density at radius 1 is 1.19 bits per heavy atom. The molecule has 1 aliphatic carbocycles. The van der Waals surface area contributed by atoms with Crippen LogP contribution in [-0.2, 0) is 11.2 Å². The number of halogens is 2. The normalized spacial score (nSPS) is 20.8. The van der Waals surface area contributed by atoms with Crippen molar-refractivity contribution < 1.29 is 13.5 Å². The smallest absolute Gasteiger partial charge is 0.228 e. The van der Waals surface area contributed by atoms with Crippen molar-refractivity contribution in [3.05, 3.63) is 53.0 Å². The lowest BCUT2D eigenvalue weighted by molar-refractivity contribution is 0.00666. The summed E-state index contributed by atoms with van der Waals surface area (Å²) in [6.07, 6.45) is 6.64. The van der Waals surface area contributed by atoms with Gasteiger partial charge >= 0.3 is 0 Å². The number of nitrogens with two attached hydrogens (primary N) is 1. The van der Waals surface area contributed by atoms with Crippen molar-refractivity contribution in [2.75, 3.05) is 18.0 Å². The van der Waals surface area contributed by atoms with Gasteiger partial charge in [-0.25, -0.2) is 23.7 Å². The van der Waals surface area contributed by atoms with E-state index in [1.54, 1.807) is 6.21 Å². The molecule has 10 heteroatoms. The molecular formula is C27H31F2N7O. The summed E-state index contributed by atoms with van der Waals surface area (Å²) in [4.78, 5) is 25.5. The number of rotatable bonds is 7. The molecule has 8 nitrogen and oxygen atoms in total. The monoisotopic (exact) mass is 507 g/mol. The third kappa shape index (κ3) is 5.44. The summed E-state index contributed by atoms with van der Waals surface area (Å²) in [5, 5.41) is 0. The summed E-state index contributed by atoms with van der Waals surface area (Å²) in [5.74, 6) is -1.01. The summed E-state index contributed by atoms with van der Waals surface area (Å²) >= 11 is 0. The summed E-state index contributed by atoms with van der Waals surface area (Å²) in [5.41, 5.74) is 9.46. The quantitative estimate of drug-likeness (QED) is 0.476. The molecule has 1 saturated carbocycles. The van der Waals surface area contributed by atoms with E-state index < -0.39 is 11.6 Å². The molecule has 2 N–H and O–H groups in total. The van der Waals surface area contributed by atoms with Crippen molar-refractivity contribution >= 4 is 23.3 Å². The first-order valence-electron chi connectivity index (χ1n) is 12.7. The van der Waals surface area contributed by atoms with E-state index in [1.807, 2.05) is 18.7 Å². The maximum Gasteiger partial charge on any atom is 0.228 e. The molecule has 1 saturated heterocycles. The number of aromatic nitrogens is 4. The summed E-state index contributed by atoms with van der Waals surface area (Å²) in [7, 11) is 0. The Labute approximate surface area is 214 Å². The highest BCUT2D eigenvalue weighted by atomic mass is 19.1. The fourth-order valence-corrected chi connectivity index (χ4v) is 4.48. The Bertz CT molecular complexity index is 1370.